The molecule has 0 amide bonds. The smallest absolute Gasteiger partial charge is 0.115 e. The monoisotopic (exact) mass is 399 g/mol. The van der Waals surface area contributed by atoms with Crippen molar-refractivity contribution in [1.29, 1.82) is 0 Å². The van der Waals surface area contributed by atoms with Gasteiger partial charge in [-0.15, -0.1) is 0 Å². The number of aliphatic hydroxyl groups is 1. The van der Waals surface area contributed by atoms with Crippen molar-refractivity contribution in [2.45, 2.75) is 97.1 Å². The van der Waals surface area contributed by atoms with Gasteiger partial charge < -0.3 is 10.2 Å². The third-order valence-corrected chi connectivity index (χ3v) is 9.37. The van der Waals surface area contributed by atoms with Gasteiger partial charge >= 0.3 is 0 Å². The summed E-state index contributed by atoms with van der Waals surface area (Å²) in [6, 6.07) is 6.55. The van der Waals surface area contributed by atoms with E-state index in [-0.39, 0.29) is 16.2 Å². The largest absolute Gasteiger partial charge is 0.508 e. The fraction of sp³-hybridized carbons (Fsp3) is 0.769. The van der Waals surface area contributed by atoms with E-state index in [2.05, 4.69) is 45.6 Å². The van der Waals surface area contributed by atoms with Gasteiger partial charge in [0.2, 0.25) is 0 Å². The van der Waals surface area contributed by atoms with E-state index in [0.717, 1.165) is 38.1 Å². The Balaban J connectivity index is 1.72. The molecule has 3 aliphatic rings. The van der Waals surface area contributed by atoms with Gasteiger partial charge in [0.05, 0.1) is 5.60 Å². The predicted octanol–water partition coefficient (Wildman–Crippen LogP) is 5.27. The van der Waals surface area contributed by atoms with Gasteiger partial charge in [0.15, 0.2) is 0 Å². The van der Waals surface area contributed by atoms with Gasteiger partial charge in [0, 0.05) is 18.0 Å². The zero-order valence-electron chi connectivity index (χ0n) is 19.4. The molecule has 0 radical (unpaired) electrons. The van der Waals surface area contributed by atoms with Gasteiger partial charge in [0.25, 0.3) is 0 Å². The highest BCUT2D eigenvalue weighted by Crippen LogP contribution is 2.59. The van der Waals surface area contributed by atoms with E-state index < -0.39 is 5.60 Å². The van der Waals surface area contributed by atoms with Crippen molar-refractivity contribution < 1.29 is 10.2 Å². The molecule has 4 rings (SSSR count). The van der Waals surface area contributed by atoms with Crippen LogP contribution in [0.4, 0.5) is 0 Å². The third kappa shape index (κ3) is 3.43. The van der Waals surface area contributed by atoms with Crippen LogP contribution in [-0.2, 0) is 11.8 Å². The molecule has 1 aliphatic heterocycles. The molecule has 2 fully saturated rings. The molecule has 3 heteroatoms. The van der Waals surface area contributed by atoms with E-state index in [1.54, 1.807) is 0 Å². The van der Waals surface area contributed by atoms with Crippen molar-refractivity contribution in [3.63, 3.8) is 0 Å². The fourth-order valence-electron chi connectivity index (χ4n) is 6.01. The first-order valence-corrected chi connectivity index (χ1v) is 11.7. The molecule has 0 spiro atoms. The van der Waals surface area contributed by atoms with Crippen LogP contribution in [0.25, 0.3) is 0 Å². The molecule has 0 aromatic heterocycles. The highest BCUT2D eigenvalue weighted by Gasteiger charge is 2.59. The molecule has 1 saturated heterocycles. The third-order valence-electron chi connectivity index (χ3n) is 9.37. The topological polar surface area (TPSA) is 43.7 Å². The van der Waals surface area contributed by atoms with E-state index in [0.29, 0.717) is 11.8 Å². The van der Waals surface area contributed by atoms with E-state index in [1.807, 2.05) is 19.1 Å². The van der Waals surface area contributed by atoms with Crippen LogP contribution in [0.2, 0.25) is 0 Å². The summed E-state index contributed by atoms with van der Waals surface area (Å²) in [6.45, 7) is 15.7. The number of piperidine rings is 1. The number of nitrogens with zero attached hydrogens (tertiary/aromatic N) is 1. The number of rotatable bonds is 5. The minimum Gasteiger partial charge on any atom is -0.508 e. The summed E-state index contributed by atoms with van der Waals surface area (Å²) in [5.41, 5.74) is 2.03. The molecule has 1 saturated carbocycles. The van der Waals surface area contributed by atoms with Crippen LogP contribution < -0.4 is 0 Å². The summed E-state index contributed by atoms with van der Waals surface area (Å²) in [4.78, 5) is 2.78. The minimum absolute atomic E-state index is 0.0258. The van der Waals surface area contributed by atoms with Gasteiger partial charge in [-0.1, -0.05) is 40.7 Å². The molecule has 3 nitrogen and oxygen atoms in total. The maximum absolute atomic E-state index is 11.3. The van der Waals surface area contributed by atoms with Crippen LogP contribution in [0.3, 0.4) is 0 Å². The first kappa shape index (κ1) is 21.2. The second-order valence-electron chi connectivity index (χ2n) is 12.0. The Kier molecular flexibility index (Phi) is 4.91. The normalized spacial score (nSPS) is 34.5. The molecule has 29 heavy (non-hydrogen) atoms. The summed E-state index contributed by atoms with van der Waals surface area (Å²) in [6.07, 6.45) is 6.78. The van der Waals surface area contributed by atoms with Crippen molar-refractivity contribution in [2.24, 2.45) is 16.7 Å². The predicted molar refractivity (Wildman–Crippen MR) is 119 cm³/mol. The Bertz CT molecular complexity index is 775. The van der Waals surface area contributed by atoms with Crippen molar-refractivity contribution in [2.75, 3.05) is 13.1 Å². The number of likely N-dealkylation sites (tertiary alicyclic amines) is 1. The number of hydrogen-bond donors (Lipinski definition) is 2. The average molecular weight is 400 g/mol. The van der Waals surface area contributed by atoms with E-state index in [4.69, 9.17) is 0 Å². The minimum atomic E-state index is -0.693. The molecule has 162 valence electrons. The number of hydrogen-bond acceptors (Lipinski definition) is 3. The van der Waals surface area contributed by atoms with Gasteiger partial charge in [-0.2, -0.15) is 0 Å². The van der Waals surface area contributed by atoms with Crippen LogP contribution >= 0.6 is 0 Å². The van der Waals surface area contributed by atoms with E-state index >= 15 is 0 Å². The van der Waals surface area contributed by atoms with Crippen LogP contribution in [0.5, 0.6) is 5.75 Å². The maximum atomic E-state index is 11.3. The Morgan fingerprint density at radius 2 is 1.83 bits per heavy atom. The van der Waals surface area contributed by atoms with Crippen LogP contribution in [0, 0.1) is 16.7 Å². The summed E-state index contributed by atoms with van der Waals surface area (Å²) in [7, 11) is 0. The van der Waals surface area contributed by atoms with Crippen LogP contribution in [-0.4, -0.2) is 39.8 Å². The van der Waals surface area contributed by atoms with Gasteiger partial charge in [-0.25, -0.2) is 0 Å². The number of benzene rings is 1. The molecule has 1 aromatic carbocycles. The zero-order chi connectivity index (χ0) is 21.2. The summed E-state index contributed by atoms with van der Waals surface area (Å²) >= 11 is 0. The van der Waals surface area contributed by atoms with Crippen molar-refractivity contribution in [3.8, 4) is 5.75 Å². The molecule has 2 N–H and O–H groups in total. The Labute approximate surface area is 177 Å². The molecule has 2 bridgehead atoms. The van der Waals surface area contributed by atoms with Gasteiger partial charge in [-0.05, 0) is 92.0 Å². The first-order valence-electron chi connectivity index (χ1n) is 11.7. The van der Waals surface area contributed by atoms with E-state index in [1.165, 1.54) is 30.5 Å². The van der Waals surface area contributed by atoms with Crippen molar-refractivity contribution in [3.05, 3.63) is 29.3 Å². The fourth-order valence-corrected chi connectivity index (χ4v) is 6.01. The van der Waals surface area contributed by atoms with Gasteiger partial charge in [-0.3, -0.25) is 4.90 Å². The summed E-state index contributed by atoms with van der Waals surface area (Å²) in [5.74, 6) is 1.27. The second-order valence-corrected chi connectivity index (χ2v) is 12.0. The molecule has 1 unspecified atom stereocenters. The lowest BCUT2D eigenvalue weighted by Crippen LogP contribution is -2.65. The number of phenolic OH excluding ortho intramolecular Hbond substituents is 1. The van der Waals surface area contributed by atoms with E-state index in [9.17, 15) is 10.2 Å². The lowest BCUT2D eigenvalue weighted by Gasteiger charge is -2.63. The average Bonchev–Trinajstić information content (AvgIpc) is 3.43. The SMILES string of the molecule is CC(C)(C)C(C)(O)CC[C@]1(C)[C@H]2Cc3ccc(O)cc3[C@@]1(C)CCN2CC1CC1. The van der Waals surface area contributed by atoms with Crippen molar-refractivity contribution in [1.82, 2.24) is 4.90 Å². The zero-order valence-corrected chi connectivity index (χ0v) is 19.4. The lowest BCUT2D eigenvalue weighted by molar-refractivity contribution is -0.0942. The number of aromatic hydroxyl groups is 1. The van der Waals surface area contributed by atoms with Crippen LogP contribution in [0.1, 0.15) is 84.8 Å². The quantitative estimate of drug-likeness (QED) is 0.708. The lowest BCUT2D eigenvalue weighted by atomic mass is 9.48. The summed E-state index contributed by atoms with van der Waals surface area (Å²) < 4.78 is 0. The van der Waals surface area contributed by atoms with Crippen molar-refractivity contribution >= 4 is 0 Å². The first-order chi connectivity index (χ1) is 13.4. The number of fused-ring (bicyclic) bond motifs is 4. The van der Waals surface area contributed by atoms with Crippen LogP contribution in [0.15, 0.2) is 18.2 Å². The molecule has 1 aromatic rings. The molecular weight excluding hydrogens is 358 g/mol. The highest BCUT2D eigenvalue weighted by molar-refractivity contribution is 5.46. The molecule has 4 atom stereocenters. The standard InChI is InChI=1S/C26H41NO2/c1-23(2,3)26(6,29)12-11-25(5)22-15-19-9-10-20(28)16-21(19)24(25,4)13-14-27(22)17-18-7-8-18/h9-10,16,18,22,28-29H,7-8,11-15,17H2,1-6H3/t22-,24-,25-,26?/m1/s1. The number of phenols is 1. The molecular formula is C26H41NO2. The Hall–Kier alpha value is -1.06. The molecule has 1 heterocycles. The Morgan fingerprint density at radius 3 is 2.45 bits per heavy atom. The highest BCUT2D eigenvalue weighted by atomic mass is 16.3. The maximum Gasteiger partial charge on any atom is 0.115 e. The van der Waals surface area contributed by atoms with Gasteiger partial charge in [0.1, 0.15) is 5.75 Å². The second kappa shape index (κ2) is 6.72. The molecule has 2 aliphatic carbocycles. The summed E-state index contributed by atoms with van der Waals surface area (Å²) in [5, 5.41) is 21.5. The Morgan fingerprint density at radius 1 is 1.14 bits per heavy atom.